The van der Waals surface area contributed by atoms with Crippen molar-refractivity contribution in [2.45, 2.75) is 31.8 Å². The number of hydrogen-bond donors (Lipinski definition) is 1. The second-order valence-corrected chi connectivity index (χ2v) is 6.72. The number of amides is 1. The van der Waals surface area contributed by atoms with Crippen LogP contribution in [0.15, 0.2) is 24.3 Å². The first kappa shape index (κ1) is 18.0. The number of likely N-dealkylation sites (tertiary alicyclic amines) is 1. The molecule has 1 aromatic carbocycles. The second-order valence-electron chi connectivity index (χ2n) is 6.72. The number of para-hydroxylation sites is 1. The number of benzene rings is 1. The molecular formula is C17H20F4N2O2. The predicted octanol–water partition coefficient (Wildman–Crippen LogP) is 3.14. The average Bonchev–Trinajstić information content (AvgIpc) is 3.02. The maximum absolute atomic E-state index is 13.3. The molecule has 0 radical (unpaired) electrons. The molecule has 1 aromatic rings. The number of hydrogen-bond acceptors (Lipinski definition) is 3. The Balaban J connectivity index is 1.80. The monoisotopic (exact) mass is 360 g/mol. The summed E-state index contributed by atoms with van der Waals surface area (Å²) in [7, 11) is 0. The van der Waals surface area contributed by atoms with E-state index in [1.807, 2.05) is 0 Å². The van der Waals surface area contributed by atoms with Crippen molar-refractivity contribution in [3.8, 4) is 5.75 Å². The second kappa shape index (κ2) is 6.82. The van der Waals surface area contributed by atoms with Gasteiger partial charge in [0.05, 0.1) is 5.56 Å². The van der Waals surface area contributed by atoms with E-state index < -0.39 is 24.2 Å². The first-order valence-electron chi connectivity index (χ1n) is 8.27. The molecule has 138 valence electrons. The number of alkyl halides is 4. The van der Waals surface area contributed by atoms with Gasteiger partial charge in [-0.25, -0.2) is 0 Å². The third-order valence-electron chi connectivity index (χ3n) is 4.90. The maximum atomic E-state index is 13.3. The summed E-state index contributed by atoms with van der Waals surface area (Å²) in [5.74, 6) is -0.992. The van der Waals surface area contributed by atoms with Gasteiger partial charge in [0, 0.05) is 25.0 Å². The van der Waals surface area contributed by atoms with Crippen molar-refractivity contribution in [2.75, 3.05) is 26.2 Å². The summed E-state index contributed by atoms with van der Waals surface area (Å²) in [6, 6.07) is 5.30. The van der Waals surface area contributed by atoms with Crippen LogP contribution in [0.3, 0.4) is 0 Å². The average molecular weight is 360 g/mol. The number of nitrogens with zero attached hydrogens (tertiary/aromatic N) is 1. The lowest BCUT2D eigenvalue weighted by atomic mass is 9.79. The first-order valence-corrected chi connectivity index (χ1v) is 8.27. The van der Waals surface area contributed by atoms with Crippen molar-refractivity contribution in [3.63, 3.8) is 0 Å². The Morgan fingerprint density at radius 2 is 2.04 bits per heavy atom. The van der Waals surface area contributed by atoms with Gasteiger partial charge in [-0.15, -0.1) is 0 Å². The van der Waals surface area contributed by atoms with E-state index in [4.69, 9.17) is 0 Å². The summed E-state index contributed by atoms with van der Waals surface area (Å²) >= 11 is 0. The largest absolute Gasteiger partial charge is 0.461 e. The fraction of sp³-hybridized carbons (Fsp3) is 0.588. The summed E-state index contributed by atoms with van der Waals surface area (Å²) in [6.07, 6.45) is -5.83. The summed E-state index contributed by atoms with van der Waals surface area (Å²) in [6.45, 7) is 2.75. The van der Waals surface area contributed by atoms with Crippen LogP contribution in [0, 0.1) is 5.41 Å². The number of nitrogens with one attached hydrogen (secondary N) is 1. The minimum atomic E-state index is -4.64. The topological polar surface area (TPSA) is 41.6 Å². The quantitative estimate of drug-likeness (QED) is 0.839. The van der Waals surface area contributed by atoms with E-state index in [9.17, 15) is 22.4 Å². The van der Waals surface area contributed by atoms with E-state index in [0.29, 0.717) is 13.1 Å². The van der Waals surface area contributed by atoms with E-state index >= 15 is 0 Å². The van der Waals surface area contributed by atoms with Crippen LogP contribution in [0.1, 0.15) is 29.6 Å². The van der Waals surface area contributed by atoms with Crippen LogP contribution in [0.25, 0.3) is 0 Å². The highest BCUT2D eigenvalue weighted by Gasteiger charge is 2.45. The molecule has 2 heterocycles. The fourth-order valence-electron chi connectivity index (χ4n) is 3.62. The molecule has 0 saturated carbocycles. The smallest absolute Gasteiger partial charge is 0.427 e. The molecule has 2 aliphatic rings. The van der Waals surface area contributed by atoms with Gasteiger partial charge in [-0.1, -0.05) is 12.1 Å². The Kier molecular flexibility index (Phi) is 4.90. The molecule has 0 bridgehead atoms. The number of halogens is 4. The Morgan fingerprint density at radius 3 is 2.72 bits per heavy atom. The Labute approximate surface area is 143 Å². The van der Waals surface area contributed by atoms with Crippen molar-refractivity contribution in [1.82, 2.24) is 10.2 Å². The summed E-state index contributed by atoms with van der Waals surface area (Å²) in [5.41, 5.74) is -0.109. The molecule has 1 N–H and O–H groups in total. The molecule has 4 nitrogen and oxygen atoms in total. The molecule has 25 heavy (non-hydrogen) atoms. The molecule has 0 aliphatic carbocycles. The summed E-state index contributed by atoms with van der Waals surface area (Å²) < 4.78 is 55.5. The van der Waals surface area contributed by atoms with E-state index in [2.05, 4.69) is 10.1 Å². The highest BCUT2D eigenvalue weighted by molar-refractivity contribution is 5.97. The van der Waals surface area contributed by atoms with Crippen molar-refractivity contribution in [2.24, 2.45) is 5.41 Å². The molecule has 1 amide bonds. The molecule has 8 heteroatoms. The highest BCUT2D eigenvalue weighted by Crippen LogP contribution is 2.37. The summed E-state index contributed by atoms with van der Waals surface area (Å²) in [4.78, 5) is 14.4. The van der Waals surface area contributed by atoms with Crippen molar-refractivity contribution < 1.29 is 27.1 Å². The molecule has 2 saturated heterocycles. The number of rotatable bonds is 4. The number of ether oxygens (including phenoxy) is 1. The lowest BCUT2D eigenvalue weighted by molar-refractivity contribution is -0.253. The van der Waals surface area contributed by atoms with Gasteiger partial charge in [0.25, 0.3) is 5.91 Å². The molecule has 1 unspecified atom stereocenters. The lowest BCUT2D eigenvalue weighted by Gasteiger charge is -2.40. The maximum Gasteiger partial charge on any atom is 0.461 e. The zero-order valence-corrected chi connectivity index (χ0v) is 13.6. The molecule has 1 spiro atoms. The highest BCUT2D eigenvalue weighted by atomic mass is 19.3. The van der Waals surface area contributed by atoms with Crippen molar-refractivity contribution in [3.05, 3.63) is 29.8 Å². The van der Waals surface area contributed by atoms with Gasteiger partial charge >= 0.3 is 12.5 Å². The molecule has 0 aromatic heterocycles. The van der Waals surface area contributed by atoms with Crippen LogP contribution in [0.2, 0.25) is 0 Å². The van der Waals surface area contributed by atoms with Crippen LogP contribution in [0.4, 0.5) is 17.6 Å². The Bertz CT molecular complexity index is 633. The van der Waals surface area contributed by atoms with Gasteiger partial charge in [0.2, 0.25) is 0 Å². The molecule has 1 atom stereocenters. The van der Waals surface area contributed by atoms with Crippen LogP contribution >= 0.6 is 0 Å². The minimum Gasteiger partial charge on any atom is -0.427 e. The summed E-state index contributed by atoms with van der Waals surface area (Å²) in [5, 5.41) is 3.29. The zero-order valence-electron chi connectivity index (χ0n) is 13.6. The normalized spacial score (nSPS) is 24.1. The van der Waals surface area contributed by atoms with Gasteiger partial charge in [0.15, 0.2) is 0 Å². The Hall–Kier alpha value is -1.83. The van der Waals surface area contributed by atoms with Gasteiger partial charge < -0.3 is 15.0 Å². The zero-order chi connectivity index (χ0) is 18.1. The predicted molar refractivity (Wildman–Crippen MR) is 83.1 cm³/mol. The van der Waals surface area contributed by atoms with Gasteiger partial charge in [-0.3, -0.25) is 4.79 Å². The van der Waals surface area contributed by atoms with E-state index in [0.717, 1.165) is 38.4 Å². The standard InChI is InChI=1S/C17H20F4N2O2/c18-15(19)17(20,21)25-13-5-2-1-4-12(13)14(24)23-9-3-6-16(11-23)7-8-22-10-16/h1-2,4-5,15,22H,3,6-11H2. The van der Waals surface area contributed by atoms with Crippen LogP contribution < -0.4 is 10.1 Å². The van der Waals surface area contributed by atoms with Crippen molar-refractivity contribution in [1.29, 1.82) is 0 Å². The molecule has 2 fully saturated rings. The number of piperidine rings is 1. The number of carbonyl (C=O) groups is 1. The minimum absolute atomic E-state index is 0.0105. The van der Waals surface area contributed by atoms with E-state index in [1.165, 1.54) is 18.2 Å². The van der Waals surface area contributed by atoms with Crippen LogP contribution in [-0.4, -0.2) is 49.5 Å². The van der Waals surface area contributed by atoms with Crippen molar-refractivity contribution >= 4 is 5.91 Å². The van der Waals surface area contributed by atoms with E-state index in [1.54, 1.807) is 4.90 Å². The first-order chi connectivity index (χ1) is 11.8. The SMILES string of the molecule is O=C(c1ccccc1OC(F)(F)C(F)F)N1CCCC2(CCNC2)C1. The number of carbonyl (C=O) groups excluding carboxylic acids is 1. The third-order valence-corrected chi connectivity index (χ3v) is 4.90. The van der Waals surface area contributed by atoms with E-state index in [-0.39, 0.29) is 11.0 Å². The fourth-order valence-corrected chi connectivity index (χ4v) is 3.62. The molecular weight excluding hydrogens is 340 g/mol. The van der Waals surface area contributed by atoms with Crippen LogP contribution in [0.5, 0.6) is 5.75 Å². The Morgan fingerprint density at radius 1 is 1.28 bits per heavy atom. The van der Waals surface area contributed by atoms with Gasteiger partial charge in [-0.05, 0) is 37.9 Å². The van der Waals surface area contributed by atoms with Crippen LogP contribution in [-0.2, 0) is 0 Å². The molecule has 3 rings (SSSR count). The molecule has 2 aliphatic heterocycles. The lowest BCUT2D eigenvalue weighted by Crippen LogP contribution is -2.47. The third kappa shape index (κ3) is 3.73. The van der Waals surface area contributed by atoms with Gasteiger partial charge in [-0.2, -0.15) is 17.6 Å². The van der Waals surface area contributed by atoms with Gasteiger partial charge in [0.1, 0.15) is 5.75 Å².